The third-order valence-corrected chi connectivity index (χ3v) is 3.07. The molecule has 0 heteroatoms. The SMILES string of the molecule is CCc1ccccc1C=Cc1ccccc1C. The molecule has 0 aliphatic rings. The molecule has 17 heavy (non-hydrogen) atoms. The largest absolute Gasteiger partial charge is 0.0620 e. The number of rotatable bonds is 3. The molecule has 0 saturated heterocycles. The summed E-state index contributed by atoms with van der Waals surface area (Å²) < 4.78 is 0. The van der Waals surface area contributed by atoms with Gasteiger partial charge in [0.15, 0.2) is 0 Å². The fraction of sp³-hybridized carbons (Fsp3) is 0.176. The van der Waals surface area contributed by atoms with Crippen molar-refractivity contribution in [1.29, 1.82) is 0 Å². The van der Waals surface area contributed by atoms with Crippen molar-refractivity contribution in [2.45, 2.75) is 20.3 Å². The van der Waals surface area contributed by atoms with E-state index in [0.29, 0.717) is 0 Å². The predicted molar refractivity (Wildman–Crippen MR) is 75.9 cm³/mol. The topological polar surface area (TPSA) is 0 Å². The zero-order valence-electron chi connectivity index (χ0n) is 10.5. The molecule has 0 aliphatic heterocycles. The summed E-state index contributed by atoms with van der Waals surface area (Å²) in [5.41, 5.74) is 5.33. The lowest BCUT2D eigenvalue weighted by molar-refractivity contribution is 1.13. The number of hydrogen-bond donors (Lipinski definition) is 0. The number of benzene rings is 2. The summed E-state index contributed by atoms with van der Waals surface area (Å²) in [6.07, 6.45) is 5.49. The summed E-state index contributed by atoms with van der Waals surface area (Å²) in [5, 5.41) is 0. The van der Waals surface area contributed by atoms with Gasteiger partial charge in [0, 0.05) is 0 Å². The van der Waals surface area contributed by atoms with E-state index in [1.165, 1.54) is 22.3 Å². The maximum atomic E-state index is 2.21. The second-order valence-electron chi connectivity index (χ2n) is 4.24. The van der Waals surface area contributed by atoms with Crippen molar-refractivity contribution in [2.75, 3.05) is 0 Å². The fourth-order valence-electron chi connectivity index (χ4n) is 1.97. The normalized spacial score (nSPS) is 10.9. The van der Waals surface area contributed by atoms with E-state index >= 15 is 0 Å². The highest BCUT2D eigenvalue weighted by Gasteiger charge is 1.96. The summed E-state index contributed by atoms with van der Waals surface area (Å²) in [7, 11) is 0. The van der Waals surface area contributed by atoms with Crippen molar-refractivity contribution in [3.8, 4) is 0 Å². The predicted octanol–water partition coefficient (Wildman–Crippen LogP) is 4.73. The Labute approximate surface area is 104 Å². The Bertz CT molecular complexity index is 521. The van der Waals surface area contributed by atoms with Crippen molar-refractivity contribution >= 4 is 12.2 Å². The first kappa shape index (κ1) is 11.7. The van der Waals surface area contributed by atoms with E-state index in [1.807, 2.05) is 0 Å². The Balaban J connectivity index is 2.29. The van der Waals surface area contributed by atoms with Crippen LogP contribution in [-0.2, 0) is 6.42 Å². The average Bonchev–Trinajstić information content (AvgIpc) is 2.38. The van der Waals surface area contributed by atoms with Crippen molar-refractivity contribution in [3.63, 3.8) is 0 Å². The van der Waals surface area contributed by atoms with Crippen LogP contribution in [0, 0.1) is 6.92 Å². The minimum Gasteiger partial charge on any atom is -0.0620 e. The number of aryl methyl sites for hydroxylation is 2. The highest BCUT2D eigenvalue weighted by Crippen LogP contribution is 2.15. The molecule has 2 aromatic carbocycles. The van der Waals surface area contributed by atoms with Gasteiger partial charge in [-0.1, -0.05) is 67.6 Å². The summed E-state index contributed by atoms with van der Waals surface area (Å²) >= 11 is 0. The molecule has 0 amide bonds. The molecular formula is C17H18. The number of hydrogen-bond acceptors (Lipinski definition) is 0. The van der Waals surface area contributed by atoms with Gasteiger partial charge in [0.05, 0.1) is 0 Å². The molecule has 0 aliphatic carbocycles. The molecule has 0 fully saturated rings. The average molecular weight is 222 g/mol. The maximum absolute atomic E-state index is 2.21. The Morgan fingerprint density at radius 3 is 2.12 bits per heavy atom. The summed E-state index contributed by atoms with van der Waals surface area (Å²) in [4.78, 5) is 0. The zero-order chi connectivity index (χ0) is 12.1. The summed E-state index contributed by atoms with van der Waals surface area (Å²) in [6, 6.07) is 17.0. The van der Waals surface area contributed by atoms with E-state index in [-0.39, 0.29) is 0 Å². The van der Waals surface area contributed by atoms with Crippen LogP contribution in [0.1, 0.15) is 29.2 Å². The van der Waals surface area contributed by atoms with Crippen LogP contribution in [0.2, 0.25) is 0 Å². The van der Waals surface area contributed by atoms with Crippen LogP contribution in [0.3, 0.4) is 0 Å². The van der Waals surface area contributed by atoms with Crippen LogP contribution in [0.15, 0.2) is 48.5 Å². The summed E-state index contributed by atoms with van der Waals surface area (Å²) in [5.74, 6) is 0. The minimum atomic E-state index is 1.08. The Kier molecular flexibility index (Phi) is 3.77. The lowest BCUT2D eigenvalue weighted by atomic mass is 10.0. The molecule has 0 N–H and O–H groups in total. The molecule has 0 heterocycles. The molecule has 0 aromatic heterocycles. The first-order chi connectivity index (χ1) is 8.31. The molecular weight excluding hydrogens is 204 g/mol. The van der Waals surface area contributed by atoms with Crippen molar-refractivity contribution in [2.24, 2.45) is 0 Å². The zero-order valence-corrected chi connectivity index (χ0v) is 10.5. The van der Waals surface area contributed by atoms with E-state index in [0.717, 1.165) is 6.42 Å². The van der Waals surface area contributed by atoms with E-state index in [1.54, 1.807) is 0 Å². The standard InChI is InChI=1S/C17H18/c1-3-15-9-6-7-11-17(15)13-12-16-10-5-4-8-14(16)2/h4-13H,3H2,1-2H3. The molecule has 0 saturated carbocycles. The van der Waals surface area contributed by atoms with Gasteiger partial charge < -0.3 is 0 Å². The molecule has 0 nitrogen and oxygen atoms in total. The van der Waals surface area contributed by atoms with Crippen LogP contribution < -0.4 is 0 Å². The fourth-order valence-corrected chi connectivity index (χ4v) is 1.97. The Hall–Kier alpha value is -1.82. The van der Waals surface area contributed by atoms with Gasteiger partial charge in [-0.15, -0.1) is 0 Å². The van der Waals surface area contributed by atoms with Gasteiger partial charge in [0.1, 0.15) is 0 Å². The van der Waals surface area contributed by atoms with Crippen molar-refractivity contribution in [3.05, 3.63) is 70.8 Å². The van der Waals surface area contributed by atoms with Gasteiger partial charge in [0.2, 0.25) is 0 Å². The lowest BCUT2D eigenvalue weighted by Gasteiger charge is -2.03. The van der Waals surface area contributed by atoms with E-state index in [9.17, 15) is 0 Å². The smallest absolute Gasteiger partial charge is 0.0224 e. The van der Waals surface area contributed by atoms with Crippen LogP contribution >= 0.6 is 0 Å². The third-order valence-electron chi connectivity index (χ3n) is 3.07. The molecule has 0 spiro atoms. The van der Waals surface area contributed by atoms with Crippen LogP contribution in [0.5, 0.6) is 0 Å². The van der Waals surface area contributed by atoms with Gasteiger partial charge in [-0.2, -0.15) is 0 Å². The highest BCUT2D eigenvalue weighted by atomic mass is 14.0. The van der Waals surface area contributed by atoms with Gasteiger partial charge >= 0.3 is 0 Å². The second kappa shape index (κ2) is 5.49. The van der Waals surface area contributed by atoms with Gasteiger partial charge in [0.25, 0.3) is 0 Å². The first-order valence-corrected chi connectivity index (χ1v) is 6.13. The third kappa shape index (κ3) is 2.85. The lowest BCUT2D eigenvalue weighted by Crippen LogP contribution is -1.85. The van der Waals surface area contributed by atoms with Crippen molar-refractivity contribution in [1.82, 2.24) is 0 Å². The molecule has 86 valence electrons. The summed E-state index contributed by atoms with van der Waals surface area (Å²) in [6.45, 7) is 4.34. The molecule has 0 unspecified atom stereocenters. The van der Waals surface area contributed by atoms with E-state index < -0.39 is 0 Å². The maximum Gasteiger partial charge on any atom is -0.0224 e. The van der Waals surface area contributed by atoms with Gasteiger partial charge in [-0.3, -0.25) is 0 Å². The quantitative estimate of drug-likeness (QED) is 0.659. The van der Waals surface area contributed by atoms with E-state index in [2.05, 4.69) is 74.5 Å². The Morgan fingerprint density at radius 1 is 0.824 bits per heavy atom. The van der Waals surface area contributed by atoms with Crippen molar-refractivity contribution < 1.29 is 0 Å². The molecule has 0 radical (unpaired) electrons. The van der Waals surface area contributed by atoms with Gasteiger partial charge in [-0.25, -0.2) is 0 Å². The first-order valence-electron chi connectivity index (χ1n) is 6.13. The minimum absolute atomic E-state index is 1.08. The van der Waals surface area contributed by atoms with Crippen LogP contribution in [0.25, 0.3) is 12.2 Å². The highest BCUT2D eigenvalue weighted by molar-refractivity contribution is 5.72. The second-order valence-corrected chi connectivity index (χ2v) is 4.24. The van der Waals surface area contributed by atoms with E-state index in [4.69, 9.17) is 0 Å². The monoisotopic (exact) mass is 222 g/mol. The molecule has 2 aromatic rings. The van der Waals surface area contributed by atoms with Crippen LogP contribution in [-0.4, -0.2) is 0 Å². The molecule has 0 bridgehead atoms. The molecule has 2 rings (SSSR count). The molecule has 0 atom stereocenters. The Morgan fingerprint density at radius 2 is 1.41 bits per heavy atom. The van der Waals surface area contributed by atoms with Crippen LogP contribution in [0.4, 0.5) is 0 Å². The van der Waals surface area contributed by atoms with Gasteiger partial charge in [-0.05, 0) is 35.6 Å².